The predicted octanol–water partition coefficient (Wildman–Crippen LogP) is 15.0. The normalized spacial score (nSPS) is 12.8. The molecule has 0 unspecified atom stereocenters. The lowest BCUT2D eigenvalue weighted by molar-refractivity contribution is 0.528. The van der Waals surface area contributed by atoms with Gasteiger partial charge in [0.2, 0.25) is 9.84 Å². The summed E-state index contributed by atoms with van der Waals surface area (Å²) in [7, 11) is -3.51. The van der Waals surface area contributed by atoms with Crippen molar-refractivity contribution in [1.82, 2.24) is 0 Å². The Balaban J connectivity index is 3.87. The molecule has 0 N–H and O–H groups in total. The number of halogens is 4. The van der Waals surface area contributed by atoms with Crippen LogP contribution in [0, 0.1) is 0 Å². The highest BCUT2D eigenvalue weighted by molar-refractivity contribution is 9.31. The third-order valence-electron chi connectivity index (χ3n) is 8.43. The van der Waals surface area contributed by atoms with Crippen LogP contribution in [0.2, 0.25) is 0 Å². The van der Waals surface area contributed by atoms with Gasteiger partial charge in [-0.3, -0.25) is 0 Å². The maximum atomic E-state index is 13.4. The van der Waals surface area contributed by atoms with E-state index in [2.05, 4.69) is 77.6 Å². The zero-order chi connectivity index (χ0) is 30.7. The fourth-order valence-electron chi connectivity index (χ4n) is 5.54. The molecule has 0 saturated carbocycles. The van der Waals surface area contributed by atoms with Crippen molar-refractivity contribution in [2.75, 3.05) is 0 Å². The molecule has 0 fully saturated rings. The lowest BCUT2D eigenvalue weighted by atomic mass is 10.0. The van der Waals surface area contributed by atoms with Crippen LogP contribution in [-0.4, -0.2) is 13.5 Å². The Morgan fingerprint density at radius 2 is 0.512 bits per heavy atom. The van der Waals surface area contributed by atoms with E-state index in [1.807, 2.05) is 0 Å². The first-order chi connectivity index (χ1) is 19.6. The molecule has 0 amide bonds. The second-order valence-electron chi connectivity index (χ2n) is 12.5. The van der Waals surface area contributed by atoms with Crippen molar-refractivity contribution in [3.8, 4) is 0 Å². The average molecular weight is 859 g/mol. The minimum Gasteiger partial charge on any atom is -0.224 e. The Morgan fingerprint density at radius 1 is 0.341 bits per heavy atom. The molecule has 0 atom stereocenters. The highest BCUT2D eigenvalue weighted by Crippen LogP contribution is 2.51. The number of sulfone groups is 1. The van der Waals surface area contributed by atoms with Gasteiger partial charge in [-0.25, -0.2) is 8.42 Å². The van der Waals surface area contributed by atoms with Crippen molar-refractivity contribution in [3.05, 3.63) is 0 Å². The van der Waals surface area contributed by atoms with Gasteiger partial charge in [0.15, 0.2) is 5.13 Å². The van der Waals surface area contributed by atoms with Crippen molar-refractivity contribution in [2.24, 2.45) is 0 Å². The molecule has 0 aliphatic carbocycles. The van der Waals surface area contributed by atoms with E-state index >= 15 is 0 Å². The van der Waals surface area contributed by atoms with Crippen LogP contribution in [0.1, 0.15) is 206 Å². The fraction of sp³-hybridized carbons (Fsp3) is 1.00. The quantitative estimate of drug-likeness (QED) is 0.0499. The van der Waals surface area contributed by atoms with E-state index in [0.29, 0.717) is 12.8 Å². The summed E-state index contributed by atoms with van der Waals surface area (Å²) in [6.07, 6.45) is 37.6. The first-order valence-electron chi connectivity index (χ1n) is 17.6. The Kier molecular flexibility index (Phi) is 29.4. The number of hydrogen-bond acceptors (Lipinski definition) is 2. The lowest BCUT2D eigenvalue weighted by Gasteiger charge is -2.30. The first-order valence-corrected chi connectivity index (χ1v) is 22.3. The van der Waals surface area contributed by atoms with Gasteiger partial charge < -0.3 is 0 Å². The van der Waals surface area contributed by atoms with E-state index in [0.717, 1.165) is 25.7 Å². The summed E-state index contributed by atoms with van der Waals surface area (Å²) in [5, 5.41) is 0. The van der Waals surface area contributed by atoms with E-state index in [-0.39, 0.29) is 0 Å². The molecular formula is C34H66Br4O2S. The first kappa shape index (κ1) is 42.9. The monoisotopic (exact) mass is 854 g/mol. The Morgan fingerprint density at radius 3 is 0.707 bits per heavy atom. The van der Waals surface area contributed by atoms with Crippen molar-refractivity contribution in [3.63, 3.8) is 0 Å². The second kappa shape index (κ2) is 28.1. The van der Waals surface area contributed by atoms with Crippen molar-refractivity contribution >= 4 is 73.6 Å². The number of rotatable bonds is 32. The molecule has 0 spiro atoms. The summed E-state index contributed by atoms with van der Waals surface area (Å²) < 4.78 is 24.7. The minimum atomic E-state index is -3.51. The zero-order valence-electron chi connectivity index (χ0n) is 26.9. The molecule has 0 rings (SSSR count). The van der Waals surface area contributed by atoms with Crippen LogP contribution in [0.15, 0.2) is 0 Å². The zero-order valence-corrected chi connectivity index (χ0v) is 34.1. The maximum absolute atomic E-state index is 13.4. The summed E-state index contributed by atoms with van der Waals surface area (Å²) in [5.41, 5.74) is 0. The van der Waals surface area contributed by atoms with Gasteiger partial charge in [0.25, 0.3) is 0 Å². The van der Waals surface area contributed by atoms with Crippen LogP contribution >= 0.6 is 63.7 Å². The third-order valence-corrected chi connectivity index (χ3v) is 17.1. The molecule has 7 heteroatoms. The summed E-state index contributed by atoms with van der Waals surface area (Å²) in [4.78, 5) is 0. The Hall–Kier alpha value is 1.87. The van der Waals surface area contributed by atoms with Crippen LogP contribution in [0.25, 0.3) is 0 Å². The number of alkyl halides is 4. The Bertz CT molecular complexity index is 618. The van der Waals surface area contributed by atoms with Gasteiger partial charge in [0, 0.05) is 0 Å². The largest absolute Gasteiger partial charge is 0.224 e. The summed E-state index contributed by atoms with van der Waals surface area (Å²) in [6, 6.07) is 0. The number of unbranched alkanes of at least 4 members (excludes halogenated alkanes) is 26. The summed E-state index contributed by atoms with van der Waals surface area (Å²) in [5.74, 6) is 0. The van der Waals surface area contributed by atoms with E-state index < -0.39 is 15.0 Å². The third kappa shape index (κ3) is 22.9. The molecule has 0 heterocycles. The van der Waals surface area contributed by atoms with Crippen LogP contribution in [0.4, 0.5) is 0 Å². The summed E-state index contributed by atoms with van der Waals surface area (Å²) >= 11 is 14.1. The minimum absolute atomic E-state index is 0.574. The van der Waals surface area contributed by atoms with E-state index in [9.17, 15) is 8.42 Å². The standard InChI is InChI=1S/C34H66Br4O2S/c1-3-5-7-9-11-13-15-17-19-21-23-25-27-29-31-33(35,36)41(39,40)34(37,38)32-30-28-26-24-22-20-18-16-14-12-10-8-6-4-2/h3-32H2,1-2H3. The SMILES string of the molecule is CCCCCCCCCCCCCCCCC(Br)(Br)S(=O)(=O)C(Br)(Br)CCCCCCCCCCCCCCCC. The van der Waals surface area contributed by atoms with Crippen LogP contribution in [-0.2, 0) is 9.84 Å². The van der Waals surface area contributed by atoms with Gasteiger partial charge in [0.05, 0.1) is 0 Å². The van der Waals surface area contributed by atoms with E-state index in [1.54, 1.807) is 0 Å². The molecule has 41 heavy (non-hydrogen) atoms. The molecule has 2 nitrogen and oxygen atoms in total. The van der Waals surface area contributed by atoms with Gasteiger partial charge in [-0.1, -0.05) is 257 Å². The van der Waals surface area contributed by atoms with E-state index in [1.165, 1.54) is 154 Å². The molecule has 0 aliphatic rings. The predicted molar refractivity (Wildman–Crippen MR) is 200 cm³/mol. The highest BCUT2D eigenvalue weighted by Gasteiger charge is 2.51. The Labute approximate surface area is 291 Å². The van der Waals surface area contributed by atoms with Crippen molar-refractivity contribution in [1.29, 1.82) is 0 Å². The maximum Gasteiger partial charge on any atom is 0.201 e. The van der Waals surface area contributed by atoms with Gasteiger partial charge in [-0.15, -0.1) is 0 Å². The molecule has 248 valence electrons. The molecule has 0 bridgehead atoms. The topological polar surface area (TPSA) is 34.1 Å². The molecule has 0 aromatic heterocycles. The van der Waals surface area contributed by atoms with Gasteiger partial charge in [0.1, 0.15) is 0 Å². The summed E-state index contributed by atoms with van der Waals surface area (Å²) in [6.45, 7) is 4.55. The van der Waals surface area contributed by atoms with Gasteiger partial charge in [-0.2, -0.15) is 0 Å². The highest BCUT2D eigenvalue weighted by atomic mass is 79.9. The van der Waals surface area contributed by atoms with Crippen molar-refractivity contribution in [2.45, 2.75) is 212 Å². The average Bonchev–Trinajstić information content (AvgIpc) is 2.93. The lowest BCUT2D eigenvalue weighted by Crippen LogP contribution is -2.38. The molecule has 0 radical (unpaired) electrons. The second-order valence-corrected chi connectivity index (χ2v) is 24.5. The fourth-order valence-corrected chi connectivity index (χ4v) is 13.8. The smallest absolute Gasteiger partial charge is 0.201 e. The van der Waals surface area contributed by atoms with Crippen molar-refractivity contribution < 1.29 is 8.42 Å². The van der Waals surface area contributed by atoms with E-state index in [4.69, 9.17) is 0 Å². The molecule has 0 aliphatic heterocycles. The van der Waals surface area contributed by atoms with Crippen LogP contribution < -0.4 is 0 Å². The van der Waals surface area contributed by atoms with Gasteiger partial charge in [-0.05, 0) is 12.8 Å². The van der Waals surface area contributed by atoms with Crippen LogP contribution in [0.5, 0.6) is 0 Å². The molecule has 0 saturated heterocycles. The molecule has 0 aromatic carbocycles. The number of hydrogen-bond donors (Lipinski definition) is 0. The molecule has 0 aromatic rings. The van der Waals surface area contributed by atoms with Crippen LogP contribution in [0.3, 0.4) is 0 Å². The van der Waals surface area contributed by atoms with Gasteiger partial charge >= 0.3 is 0 Å². The molecular weight excluding hydrogens is 792 g/mol.